The van der Waals surface area contributed by atoms with E-state index >= 15 is 0 Å². The fraction of sp³-hybridized carbons (Fsp3) is 0.455. The van der Waals surface area contributed by atoms with Gasteiger partial charge in [0.1, 0.15) is 11.6 Å². The van der Waals surface area contributed by atoms with Crippen LogP contribution in [0.1, 0.15) is 35.1 Å². The monoisotopic (exact) mass is 465 g/mol. The van der Waals surface area contributed by atoms with Crippen LogP contribution in [-0.2, 0) is 19.0 Å². The van der Waals surface area contributed by atoms with Gasteiger partial charge in [-0.1, -0.05) is 23.8 Å². The summed E-state index contributed by atoms with van der Waals surface area (Å²) in [7, 11) is 0. The Kier molecular flexibility index (Phi) is 10.2. The van der Waals surface area contributed by atoms with Gasteiger partial charge in [0.15, 0.2) is 0 Å². The summed E-state index contributed by atoms with van der Waals surface area (Å²) in [5.41, 5.74) is 5.40. The summed E-state index contributed by atoms with van der Waals surface area (Å²) < 4.78 is 59.5. The third-order valence-corrected chi connectivity index (χ3v) is 4.94. The van der Waals surface area contributed by atoms with E-state index < -0.39 is 30.5 Å². The van der Waals surface area contributed by atoms with Crippen molar-refractivity contribution < 1.29 is 32.5 Å². The van der Waals surface area contributed by atoms with Crippen LogP contribution in [0, 0.1) is 12.7 Å². The summed E-state index contributed by atoms with van der Waals surface area (Å²) in [5, 5.41) is 18.4. The molecule has 0 amide bonds. The molecule has 174 valence electrons. The quantitative estimate of drug-likeness (QED) is 0.363. The molecule has 0 saturated carbocycles. The van der Waals surface area contributed by atoms with Gasteiger partial charge < -0.3 is 20.7 Å². The van der Waals surface area contributed by atoms with Gasteiger partial charge in [0, 0.05) is 0 Å². The zero-order valence-corrected chi connectivity index (χ0v) is 18.0. The molecule has 0 unspecified atom stereocenters. The van der Waals surface area contributed by atoms with E-state index in [0.29, 0.717) is 24.0 Å². The highest BCUT2D eigenvalue weighted by molar-refractivity contribution is 5.85. The van der Waals surface area contributed by atoms with E-state index in [-0.39, 0.29) is 43.4 Å². The number of nitrogens with two attached hydrogens (primary N) is 1. The molecule has 0 saturated heterocycles. The van der Waals surface area contributed by atoms with Crippen molar-refractivity contribution in [3.05, 3.63) is 64.5 Å². The van der Waals surface area contributed by atoms with Gasteiger partial charge in [0.05, 0.1) is 30.9 Å². The van der Waals surface area contributed by atoms with Crippen molar-refractivity contribution in [1.82, 2.24) is 0 Å². The molecule has 2 aromatic rings. The van der Waals surface area contributed by atoms with Gasteiger partial charge in [-0.3, -0.25) is 0 Å². The van der Waals surface area contributed by atoms with E-state index in [9.17, 15) is 27.8 Å². The Morgan fingerprint density at radius 1 is 1.00 bits per heavy atom. The number of ether oxygens (including phenoxy) is 1. The number of aliphatic hydroxyl groups is 2. The Morgan fingerprint density at radius 3 is 2.29 bits per heavy atom. The molecule has 0 aliphatic heterocycles. The topological polar surface area (TPSA) is 75.7 Å². The predicted octanol–water partition coefficient (Wildman–Crippen LogP) is 4.20. The number of hydrogen-bond donors (Lipinski definition) is 3. The third kappa shape index (κ3) is 7.96. The van der Waals surface area contributed by atoms with Crippen molar-refractivity contribution in [1.29, 1.82) is 0 Å². The summed E-state index contributed by atoms with van der Waals surface area (Å²) in [5.74, 6) is -0.637. The molecule has 31 heavy (non-hydrogen) atoms. The molecule has 0 fully saturated rings. The minimum Gasteiger partial charge on any atom is -0.493 e. The first-order valence-electron chi connectivity index (χ1n) is 9.66. The molecule has 0 heterocycles. The first-order chi connectivity index (χ1) is 14.1. The lowest BCUT2D eigenvalue weighted by atomic mass is 9.93. The first kappa shape index (κ1) is 27.2. The highest BCUT2D eigenvalue weighted by Crippen LogP contribution is 2.37. The van der Waals surface area contributed by atoms with Gasteiger partial charge in [-0.2, -0.15) is 13.2 Å². The molecule has 0 bridgehead atoms. The predicted molar refractivity (Wildman–Crippen MR) is 113 cm³/mol. The Labute approximate surface area is 185 Å². The van der Waals surface area contributed by atoms with Crippen LogP contribution in [-0.4, -0.2) is 35.6 Å². The number of alkyl halides is 3. The van der Waals surface area contributed by atoms with Crippen molar-refractivity contribution in [2.24, 2.45) is 5.73 Å². The van der Waals surface area contributed by atoms with Crippen molar-refractivity contribution in [2.75, 3.05) is 19.8 Å². The molecular weight excluding hydrogens is 438 g/mol. The minimum atomic E-state index is -4.61. The summed E-state index contributed by atoms with van der Waals surface area (Å²) in [6, 6.07) is 8.48. The largest absolute Gasteiger partial charge is 0.493 e. The maximum atomic E-state index is 13.8. The molecule has 0 spiro atoms. The smallest absolute Gasteiger partial charge is 0.419 e. The summed E-state index contributed by atoms with van der Waals surface area (Å²) >= 11 is 0. The molecule has 0 aliphatic carbocycles. The van der Waals surface area contributed by atoms with Gasteiger partial charge in [0.25, 0.3) is 0 Å². The lowest BCUT2D eigenvalue weighted by Gasteiger charge is -2.24. The maximum Gasteiger partial charge on any atom is 0.419 e. The first-order valence-corrected chi connectivity index (χ1v) is 9.66. The average Bonchev–Trinajstić information content (AvgIpc) is 2.71. The van der Waals surface area contributed by atoms with Crippen LogP contribution in [0.25, 0.3) is 0 Å². The second-order valence-corrected chi connectivity index (χ2v) is 7.55. The van der Waals surface area contributed by atoms with Crippen molar-refractivity contribution >= 4 is 12.4 Å². The van der Waals surface area contributed by atoms with Crippen molar-refractivity contribution in [3.8, 4) is 5.75 Å². The highest BCUT2D eigenvalue weighted by Gasteiger charge is 2.35. The summed E-state index contributed by atoms with van der Waals surface area (Å²) in [4.78, 5) is 0. The summed E-state index contributed by atoms with van der Waals surface area (Å²) in [6.45, 7) is 0.903. The second kappa shape index (κ2) is 11.7. The van der Waals surface area contributed by atoms with Gasteiger partial charge >= 0.3 is 6.18 Å². The number of aryl methyl sites for hydroxylation is 3. The molecule has 4 nitrogen and oxygen atoms in total. The molecule has 0 atom stereocenters. The van der Waals surface area contributed by atoms with Crippen LogP contribution in [0.4, 0.5) is 17.6 Å². The molecule has 9 heteroatoms. The van der Waals surface area contributed by atoms with Gasteiger partial charge in [0.2, 0.25) is 0 Å². The van der Waals surface area contributed by atoms with Gasteiger partial charge in [-0.25, -0.2) is 4.39 Å². The standard InChI is InChI=1S/C22H27F4NO3.ClH/c1-15-4-6-19(23)17(11-15)3-2-10-30-20-7-5-16(12-18(20)22(24,25)26)8-9-21(27,13-28)14-29;/h4-7,11-12,28-29H,2-3,8-10,13-14,27H2,1H3;1H. The van der Waals surface area contributed by atoms with Crippen LogP contribution in [0.15, 0.2) is 36.4 Å². The number of rotatable bonds is 10. The highest BCUT2D eigenvalue weighted by atomic mass is 35.5. The summed E-state index contributed by atoms with van der Waals surface area (Å²) in [6.07, 6.45) is -3.61. The zero-order chi connectivity index (χ0) is 22.4. The second-order valence-electron chi connectivity index (χ2n) is 7.55. The van der Waals surface area contributed by atoms with Gasteiger partial charge in [-0.15, -0.1) is 12.4 Å². The Balaban J connectivity index is 0.00000480. The minimum absolute atomic E-state index is 0. The van der Waals surface area contributed by atoms with Crippen molar-refractivity contribution in [3.63, 3.8) is 0 Å². The van der Waals surface area contributed by atoms with E-state index in [0.717, 1.165) is 11.6 Å². The van der Waals surface area contributed by atoms with E-state index in [1.807, 2.05) is 6.92 Å². The SMILES string of the molecule is Cc1ccc(F)c(CCCOc2ccc(CCC(N)(CO)CO)cc2C(F)(F)F)c1.Cl. The van der Waals surface area contributed by atoms with E-state index in [2.05, 4.69) is 0 Å². The molecule has 2 aromatic carbocycles. The van der Waals surface area contributed by atoms with Crippen LogP contribution < -0.4 is 10.5 Å². The molecule has 4 N–H and O–H groups in total. The molecular formula is C22H28ClF4NO3. The van der Waals surface area contributed by atoms with E-state index in [1.54, 1.807) is 12.1 Å². The fourth-order valence-electron chi connectivity index (χ4n) is 3.02. The Hall–Kier alpha value is -1.87. The van der Waals surface area contributed by atoms with Crippen molar-refractivity contribution in [2.45, 2.75) is 44.3 Å². The third-order valence-electron chi connectivity index (χ3n) is 4.94. The zero-order valence-electron chi connectivity index (χ0n) is 17.2. The molecule has 0 aromatic heterocycles. The Morgan fingerprint density at radius 2 is 1.68 bits per heavy atom. The number of hydrogen-bond acceptors (Lipinski definition) is 4. The maximum absolute atomic E-state index is 13.8. The Bertz CT molecular complexity index is 842. The van der Waals surface area contributed by atoms with Crippen LogP contribution in [0.3, 0.4) is 0 Å². The molecule has 0 radical (unpaired) electrons. The average molecular weight is 466 g/mol. The molecule has 0 aliphatic rings. The fourth-order valence-corrected chi connectivity index (χ4v) is 3.02. The van der Waals surface area contributed by atoms with Crippen LogP contribution in [0.2, 0.25) is 0 Å². The lowest BCUT2D eigenvalue weighted by molar-refractivity contribution is -0.139. The van der Waals surface area contributed by atoms with Crippen LogP contribution in [0.5, 0.6) is 5.75 Å². The van der Waals surface area contributed by atoms with E-state index in [4.69, 9.17) is 10.5 Å². The van der Waals surface area contributed by atoms with Gasteiger partial charge in [-0.05, 0) is 61.9 Å². The normalized spacial score (nSPS) is 11.9. The lowest BCUT2D eigenvalue weighted by Crippen LogP contribution is -2.47. The van der Waals surface area contributed by atoms with Crippen LogP contribution >= 0.6 is 12.4 Å². The number of halogens is 5. The number of aliphatic hydroxyl groups excluding tert-OH is 2. The number of benzene rings is 2. The molecule has 2 rings (SSSR count). The van der Waals surface area contributed by atoms with E-state index in [1.165, 1.54) is 18.2 Å².